The van der Waals surface area contributed by atoms with Gasteiger partial charge in [-0.25, -0.2) is 0 Å². The summed E-state index contributed by atoms with van der Waals surface area (Å²) in [4.78, 5) is 4.17. The Kier molecular flexibility index (Phi) is 4.56. The SMILES string of the molecule is COc1ccncc1Nc1ccccc1C1(C)C=CCN(N)S1. The highest BCUT2D eigenvalue weighted by atomic mass is 32.2. The molecule has 1 atom stereocenters. The van der Waals surface area contributed by atoms with Crippen molar-refractivity contribution in [2.45, 2.75) is 11.7 Å². The van der Waals surface area contributed by atoms with Gasteiger partial charge < -0.3 is 10.1 Å². The summed E-state index contributed by atoms with van der Waals surface area (Å²) in [5.41, 5.74) is 3.00. The summed E-state index contributed by atoms with van der Waals surface area (Å²) in [7, 11) is 1.65. The maximum atomic E-state index is 5.99. The molecule has 0 spiro atoms. The molecule has 3 N–H and O–H groups in total. The maximum absolute atomic E-state index is 5.99. The molecule has 0 radical (unpaired) electrons. The van der Waals surface area contributed by atoms with Crippen molar-refractivity contribution in [3.8, 4) is 5.75 Å². The van der Waals surface area contributed by atoms with E-state index in [0.717, 1.165) is 29.2 Å². The van der Waals surface area contributed by atoms with Crippen LogP contribution in [0.1, 0.15) is 12.5 Å². The Morgan fingerprint density at radius 3 is 2.91 bits per heavy atom. The first-order valence-corrected chi connectivity index (χ1v) is 8.13. The quantitative estimate of drug-likeness (QED) is 0.509. The minimum atomic E-state index is -0.230. The van der Waals surface area contributed by atoms with Gasteiger partial charge in [0.05, 0.1) is 23.7 Å². The molecule has 1 aromatic heterocycles. The van der Waals surface area contributed by atoms with Crippen LogP contribution in [0.25, 0.3) is 0 Å². The van der Waals surface area contributed by atoms with E-state index in [2.05, 4.69) is 41.5 Å². The van der Waals surface area contributed by atoms with Crippen LogP contribution in [0.3, 0.4) is 0 Å². The number of hydrazine groups is 1. The number of aromatic nitrogens is 1. The summed E-state index contributed by atoms with van der Waals surface area (Å²) in [5.74, 6) is 6.75. The highest BCUT2D eigenvalue weighted by Gasteiger charge is 2.31. The Balaban J connectivity index is 1.98. The van der Waals surface area contributed by atoms with E-state index in [9.17, 15) is 0 Å². The number of methoxy groups -OCH3 is 1. The van der Waals surface area contributed by atoms with Crippen molar-refractivity contribution in [3.63, 3.8) is 0 Å². The van der Waals surface area contributed by atoms with Crippen LogP contribution in [0, 0.1) is 0 Å². The smallest absolute Gasteiger partial charge is 0.145 e. The zero-order chi connectivity index (χ0) is 16.3. The van der Waals surface area contributed by atoms with E-state index < -0.39 is 0 Å². The summed E-state index contributed by atoms with van der Waals surface area (Å²) >= 11 is 1.61. The van der Waals surface area contributed by atoms with Crippen molar-refractivity contribution in [1.82, 2.24) is 9.40 Å². The second-order valence-corrected chi connectivity index (χ2v) is 6.95. The number of ether oxygens (including phenoxy) is 1. The third kappa shape index (κ3) is 3.34. The van der Waals surface area contributed by atoms with Gasteiger partial charge in [-0.3, -0.25) is 10.8 Å². The molecular formula is C17H20N4OS. The third-order valence-corrected chi connectivity index (χ3v) is 4.88. The fourth-order valence-corrected chi connectivity index (χ4v) is 3.74. The molecule has 5 nitrogen and oxygen atoms in total. The Morgan fingerprint density at radius 1 is 1.30 bits per heavy atom. The number of hydrogen-bond acceptors (Lipinski definition) is 6. The minimum absolute atomic E-state index is 0.230. The molecule has 23 heavy (non-hydrogen) atoms. The zero-order valence-corrected chi connectivity index (χ0v) is 14.0. The monoisotopic (exact) mass is 328 g/mol. The molecule has 1 aromatic carbocycles. The van der Waals surface area contributed by atoms with E-state index in [0.29, 0.717) is 0 Å². The molecule has 1 aliphatic heterocycles. The van der Waals surface area contributed by atoms with Crippen molar-refractivity contribution in [2.75, 3.05) is 19.0 Å². The minimum Gasteiger partial charge on any atom is -0.494 e. The molecule has 0 saturated carbocycles. The van der Waals surface area contributed by atoms with Gasteiger partial charge in [-0.2, -0.15) is 4.41 Å². The van der Waals surface area contributed by atoms with Gasteiger partial charge in [0.15, 0.2) is 0 Å². The fraction of sp³-hybridized carbons (Fsp3) is 0.235. The van der Waals surface area contributed by atoms with Gasteiger partial charge in [-0.05, 0) is 30.5 Å². The third-order valence-electron chi connectivity index (χ3n) is 3.76. The van der Waals surface area contributed by atoms with Crippen LogP contribution in [0.5, 0.6) is 5.75 Å². The number of benzene rings is 1. The number of nitrogens with one attached hydrogen (secondary N) is 1. The predicted molar refractivity (Wildman–Crippen MR) is 95.5 cm³/mol. The second kappa shape index (κ2) is 6.62. The first-order valence-electron chi connectivity index (χ1n) is 7.36. The summed E-state index contributed by atoms with van der Waals surface area (Å²) in [5, 5.41) is 3.44. The normalized spacial score (nSPS) is 21.2. The van der Waals surface area contributed by atoms with E-state index in [1.54, 1.807) is 35.9 Å². The topological polar surface area (TPSA) is 63.4 Å². The maximum Gasteiger partial charge on any atom is 0.145 e. The predicted octanol–water partition coefficient (Wildman–Crippen LogP) is 3.44. The molecule has 2 aromatic rings. The number of hydrogen-bond donors (Lipinski definition) is 2. The molecule has 0 amide bonds. The highest BCUT2D eigenvalue weighted by molar-refractivity contribution is 7.98. The number of rotatable bonds is 4. The molecule has 0 fully saturated rings. The van der Waals surface area contributed by atoms with Crippen molar-refractivity contribution in [2.24, 2.45) is 5.84 Å². The lowest BCUT2D eigenvalue weighted by Crippen LogP contribution is -2.34. The zero-order valence-electron chi connectivity index (χ0n) is 13.2. The number of pyridine rings is 1. The number of para-hydroxylation sites is 1. The number of nitrogens with zero attached hydrogens (tertiary/aromatic N) is 2. The first kappa shape index (κ1) is 15.9. The summed E-state index contributed by atoms with van der Waals surface area (Å²) in [6.07, 6.45) is 7.76. The van der Waals surface area contributed by atoms with Crippen molar-refractivity contribution in [3.05, 3.63) is 60.4 Å². The average molecular weight is 328 g/mol. The van der Waals surface area contributed by atoms with Gasteiger partial charge >= 0.3 is 0 Å². The second-order valence-electron chi connectivity index (χ2n) is 5.45. The van der Waals surface area contributed by atoms with E-state index in [-0.39, 0.29) is 4.75 Å². The van der Waals surface area contributed by atoms with E-state index in [1.165, 1.54) is 0 Å². The Bertz CT molecular complexity index is 721. The lowest BCUT2D eigenvalue weighted by molar-refractivity contribution is 0.416. The van der Waals surface area contributed by atoms with Gasteiger partial charge in [0, 0.05) is 24.5 Å². The summed E-state index contributed by atoms with van der Waals surface area (Å²) in [6, 6.07) is 10.0. The molecular weight excluding hydrogens is 308 g/mol. The highest BCUT2D eigenvalue weighted by Crippen LogP contribution is 2.44. The Hall–Kier alpha value is -2.02. The molecule has 1 unspecified atom stereocenters. The van der Waals surface area contributed by atoms with Gasteiger partial charge in [0.25, 0.3) is 0 Å². The lowest BCUT2D eigenvalue weighted by atomic mass is 9.97. The fourth-order valence-electron chi connectivity index (χ4n) is 2.66. The van der Waals surface area contributed by atoms with Gasteiger partial charge in [0.2, 0.25) is 0 Å². The standard InChI is InChI=1S/C17H20N4OS/c1-17(9-5-11-21(18)23-17)13-6-3-4-7-14(13)20-15-12-19-10-8-16(15)22-2/h3-10,12,20H,11,18H2,1-2H3. The first-order chi connectivity index (χ1) is 11.1. The van der Waals surface area contributed by atoms with Gasteiger partial charge in [-0.1, -0.05) is 30.4 Å². The largest absolute Gasteiger partial charge is 0.494 e. The van der Waals surface area contributed by atoms with E-state index in [4.69, 9.17) is 10.6 Å². The van der Waals surface area contributed by atoms with Crippen molar-refractivity contribution in [1.29, 1.82) is 0 Å². The molecule has 6 heteroatoms. The molecule has 2 heterocycles. The van der Waals surface area contributed by atoms with Crippen molar-refractivity contribution >= 4 is 23.3 Å². The Morgan fingerprint density at radius 2 is 2.13 bits per heavy atom. The number of nitrogens with two attached hydrogens (primary N) is 1. The van der Waals surface area contributed by atoms with Crippen LogP contribution in [0.2, 0.25) is 0 Å². The molecule has 1 aliphatic rings. The van der Waals surface area contributed by atoms with E-state index >= 15 is 0 Å². The molecule has 0 bridgehead atoms. The van der Waals surface area contributed by atoms with Crippen LogP contribution in [-0.4, -0.2) is 23.1 Å². The molecule has 0 saturated heterocycles. The van der Waals surface area contributed by atoms with Crippen LogP contribution in [0.15, 0.2) is 54.9 Å². The summed E-state index contributed by atoms with van der Waals surface area (Å²) < 4.78 is 6.92. The average Bonchev–Trinajstić information content (AvgIpc) is 2.55. The number of anilines is 2. The van der Waals surface area contributed by atoms with Crippen LogP contribution in [-0.2, 0) is 4.75 Å². The summed E-state index contributed by atoms with van der Waals surface area (Å²) in [6.45, 7) is 2.90. The van der Waals surface area contributed by atoms with Crippen molar-refractivity contribution < 1.29 is 4.74 Å². The van der Waals surface area contributed by atoms with Gasteiger partial charge in [-0.15, -0.1) is 0 Å². The molecule has 0 aliphatic carbocycles. The van der Waals surface area contributed by atoms with Crippen LogP contribution >= 0.6 is 11.9 Å². The van der Waals surface area contributed by atoms with Gasteiger partial charge in [0.1, 0.15) is 5.75 Å². The Labute approximate surface area is 140 Å². The van der Waals surface area contributed by atoms with Crippen LogP contribution < -0.4 is 15.9 Å². The molecule has 120 valence electrons. The lowest BCUT2D eigenvalue weighted by Gasteiger charge is -2.34. The molecule has 3 rings (SSSR count). The van der Waals surface area contributed by atoms with E-state index in [1.807, 2.05) is 18.2 Å². The van der Waals surface area contributed by atoms with Crippen LogP contribution in [0.4, 0.5) is 11.4 Å².